The Labute approximate surface area is 165 Å². The summed E-state index contributed by atoms with van der Waals surface area (Å²) in [5.41, 5.74) is 13.7. The lowest BCUT2D eigenvalue weighted by atomic mass is 10.0. The Morgan fingerprint density at radius 2 is 1.75 bits per heavy atom. The molecule has 1 aliphatic heterocycles. The number of anilines is 2. The van der Waals surface area contributed by atoms with Crippen molar-refractivity contribution in [1.29, 1.82) is 0 Å². The van der Waals surface area contributed by atoms with E-state index in [0.29, 0.717) is 17.7 Å². The lowest BCUT2D eigenvalue weighted by molar-refractivity contribution is 0.0953. The van der Waals surface area contributed by atoms with Crippen molar-refractivity contribution in [2.45, 2.75) is 12.8 Å². The molecular formula is C22H25FN4O. The van der Waals surface area contributed by atoms with Crippen LogP contribution in [0.25, 0.3) is 11.1 Å². The van der Waals surface area contributed by atoms with Crippen LogP contribution in [-0.2, 0) is 6.42 Å². The van der Waals surface area contributed by atoms with Crippen molar-refractivity contribution >= 4 is 17.3 Å². The van der Waals surface area contributed by atoms with Crippen LogP contribution in [0.5, 0.6) is 0 Å². The lowest BCUT2D eigenvalue weighted by Crippen LogP contribution is -2.24. The molecule has 0 unspecified atom stereocenters. The Hall–Kier alpha value is -3.38. The third kappa shape index (κ3) is 3.97. The van der Waals surface area contributed by atoms with Crippen molar-refractivity contribution in [1.82, 2.24) is 10.9 Å². The third-order valence-electron chi connectivity index (χ3n) is 4.74. The first kappa shape index (κ1) is 18.0. The van der Waals surface area contributed by atoms with E-state index in [0.717, 1.165) is 35.3 Å². The van der Waals surface area contributed by atoms with Crippen molar-refractivity contribution < 1.29 is 12.0 Å². The number of rotatable bonds is 6. The number of benzene rings is 3. The van der Waals surface area contributed by atoms with Gasteiger partial charge in [-0.15, -0.1) is 5.53 Å². The minimum Gasteiger partial charge on any atom is -0.352 e. The zero-order valence-corrected chi connectivity index (χ0v) is 15.3. The molecule has 28 heavy (non-hydrogen) atoms. The van der Waals surface area contributed by atoms with E-state index in [1.54, 1.807) is 24.3 Å². The molecule has 4 N–H and O–H groups in total. The molecule has 0 saturated heterocycles. The monoisotopic (exact) mass is 380 g/mol. The molecule has 0 aromatic heterocycles. The summed E-state index contributed by atoms with van der Waals surface area (Å²) in [7, 11) is 0. The smallest absolute Gasteiger partial charge is 0.251 e. The van der Waals surface area contributed by atoms with Crippen molar-refractivity contribution in [2.75, 3.05) is 17.4 Å². The minimum absolute atomic E-state index is 0. The molecule has 1 aliphatic rings. The summed E-state index contributed by atoms with van der Waals surface area (Å²) in [6.07, 6.45) is 1.68. The number of hydrogen-bond donors (Lipinski definition) is 4. The number of aryl methyl sites for hydroxylation is 1. The summed E-state index contributed by atoms with van der Waals surface area (Å²) in [6, 6.07) is 20.1. The van der Waals surface area contributed by atoms with E-state index in [1.807, 2.05) is 36.4 Å². The Bertz CT molecular complexity index is 999. The molecule has 1 amide bonds. The van der Waals surface area contributed by atoms with Gasteiger partial charge in [0.1, 0.15) is 5.82 Å². The van der Waals surface area contributed by atoms with Crippen LogP contribution in [0, 0.1) is 5.82 Å². The van der Waals surface area contributed by atoms with E-state index in [2.05, 4.69) is 21.7 Å². The number of carbonyl (C=O) groups is 1. The van der Waals surface area contributed by atoms with Crippen LogP contribution in [0.2, 0.25) is 0 Å². The van der Waals surface area contributed by atoms with E-state index in [-0.39, 0.29) is 14.6 Å². The van der Waals surface area contributed by atoms with Gasteiger partial charge < -0.3 is 16.2 Å². The van der Waals surface area contributed by atoms with Gasteiger partial charge in [0.25, 0.3) is 5.91 Å². The van der Waals surface area contributed by atoms with Crippen LogP contribution in [-0.4, -0.2) is 12.5 Å². The van der Waals surface area contributed by atoms with Gasteiger partial charge in [0.2, 0.25) is 0 Å². The summed E-state index contributed by atoms with van der Waals surface area (Å²) >= 11 is 0. The fourth-order valence-corrected chi connectivity index (χ4v) is 3.21. The van der Waals surface area contributed by atoms with Crippen molar-refractivity contribution in [2.24, 2.45) is 0 Å². The van der Waals surface area contributed by atoms with Gasteiger partial charge in [-0.25, -0.2) is 4.39 Å². The van der Waals surface area contributed by atoms with E-state index in [9.17, 15) is 9.18 Å². The molecule has 3 aromatic carbocycles. The third-order valence-corrected chi connectivity index (χ3v) is 4.74. The van der Waals surface area contributed by atoms with Crippen molar-refractivity contribution in [3.63, 3.8) is 0 Å². The molecule has 3 aromatic rings. The van der Waals surface area contributed by atoms with E-state index in [4.69, 9.17) is 0 Å². The molecule has 1 heterocycles. The topological polar surface area (TPSA) is 65.2 Å². The predicted octanol–water partition coefficient (Wildman–Crippen LogP) is 4.60. The van der Waals surface area contributed by atoms with Gasteiger partial charge in [0, 0.05) is 20.5 Å². The highest BCUT2D eigenvalue weighted by Gasteiger charge is 2.12. The second-order valence-electron chi connectivity index (χ2n) is 6.67. The second kappa shape index (κ2) is 8.10. The van der Waals surface area contributed by atoms with E-state index >= 15 is 0 Å². The SMILES string of the molecule is O=C(NCCCc1ccc(-c2ccccc2F)cc1)c1ccc2c(c1)NNN2.[HH].[HH]. The van der Waals surface area contributed by atoms with Crippen LogP contribution in [0.1, 0.15) is 25.2 Å². The first-order chi connectivity index (χ1) is 13.7. The maximum Gasteiger partial charge on any atom is 0.251 e. The highest BCUT2D eigenvalue weighted by atomic mass is 19.1. The second-order valence-corrected chi connectivity index (χ2v) is 6.67. The van der Waals surface area contributed by atoms with E-state index < -0.39 is 0 Å². The summed E-state index contributed by atoms with van der Waals surface area (Å²) in [4.78, 5) is 12.3. The van der Waals surface area contributed by atoms with Gasteiger partial charge in [-0.2, -0.15) is 0 Å². The maximum absolute atomic E-state index is 13.9. The fourth-order valence-electron chi connectivity index (χ4n) is 3.21. The normalized spacial score (nSPS) is 12.0. The molecule has 0 aliphatic carbocycles. The quantitative estimate of drug-likeness (QED) is 0.472. The molecule has 4 rings (SSSR count). The van der Waals surface area contributed by atoms with Gasteiger partial charge in [0.05, 0.1) is 11.4 Å². The zero-order chi connectivity index (χ0) is 19.3. The lowest BCUT2D eigenvalue weighted by Gasteiger charge is -2.08. The molecule has 0 atom stereocenters. The van der Waals surface area contributed by atoms with Crippen LogP contribution in [0.4, 0.5) is 15.8 Å². The van der Waals surface area contributed by atoms with Crippen LogP contribution < -0.4 is 21.7 Å². The first-order valence-corrected chi connectivity index (χ1v) is 9.24. The molecule has 146 valence electrons. The van der Waals surface area contributed by atoms with Gasteiger partial charge in [-0.05, 0) is 48.2 Å². The number of carbonyl (C=O) groups excluding carboxylic acids is 1. The van der Waals surface area contributed by atoms with Gasteiger partial charge in [0.15, 0.2) is 0 Å². The predicted molar refractivity (Wildman–Crippen MR) is 114 cm³/mol. The van der Waals surface area contributed by atoms with Crippen LogP contribution >= 0.6 is 0 Å². The Morgan fingerprint density at radius 3 is 2.57 bits per heavy atom. The summed E-state index contributed by atoms with van der Waals surface area (Å²) in [6.45, 7) is 0.592. The van der Waals surface area contributed by atoms with Gasteiger partial charge in [-0.3, -0.25) is 4.79 Å². The Kier molecular flexibility index (Phi) is 5.21. The molecule has 0 spiro atoms. The standard InChI is InChI=1S/C22H21FN4O.2H2/c23-19-6-2-1-5-18(19)16-9-7-15(8-10-16)4-3-13-24-22(28)17-11-12-20-21(14-17)26-27-25-20;;/h1-2,5-12,14,25-27H,3-4,13H2,(H,24,28);2*1H. The van der Waals surface area contributed by atoms with Crippen LogP contribution in [0.3, 0.4) is 0 Å². The first-order valence-electron chi connectivity index (χ1n) is 9.24. The van der Waals surface area contributed by atoms with Crippen LogP contribution in [0.15, 0.2) is 66.7 Å². The average molecular weight is 380 g/mol. The molecule has 6 heteroatoms. The minimum atomic E-state index is -0.216. The maximum atomic E-state index is 13.9. The Morgan fingerprint density at radius 1 is 0.964 bits per heavy atom. The Balaban J connectivity index is 0.00000160. The number of halogens is 1. The highest BCUT2D eigenvalue weighted by Crippen LogP contribution is 2.25. The van der Waals surface area contributed by atoms with Crippen molar-refractivity contribution in [3.8, 4) is 11.1 Å². The molecule has 0 radical (unpaired) electrons. The summed E-state index contributed by atoms with van der Waals surface area (Å²) in [5, 5.41) is 2.95. The fraction of sp³-hybridized carbons (Fsp3) is 0.136. The number of fused-ring (bicyclic) bond motifs is 1. The number of hydrogen-bond acceptors (Lipinski definition) is 4. The average Bonchev–Trinajstić information content (AvgIpc) is 3.20. The number of amides is 1. The molecule has 0 saturated carbocycles. The number of hydrazine groups is 2. The molecule has 5 nitrogen and oxygen atoms in total. The molecular weight excluding hydrogens is 355 g/mol. The largest absolute Gasteiger partial charge is 0.352 e. The van der Waals surface area contributed by atoms with Gasteiger partial charge in [-0.1, -0.05) is 42.5 Å². The molecule has 0 bridgehead atoms. The van der Waals surface area contributed by atoms with Crippen molar-refractivity contribution in [3.05, 3.63) is 83.7 Å². The van der Waals surface area contributed by atoms with E-state index in [1.165, 1.54) is 6.07 Å². The summed E-state index contributed by atoms with van der Waals surface area (Å²) in [5.74, 6) is -0.308. The van der Waals surface area contributed by atoms with Gasteiger partial charge >= 0.3 is 0 Å². The highest BCUT2D eigenvalue weighted by molar-refractivity contribution is 5.96. The summed E-state index contributed by atoms with van der Waals surface area (Å²) < 4.78 is 13.9. The molecule has 0 fully saturated rings. The zero-order valence-electron chi connectivity index (χ0n) is 15.3. The number of nitrogens with one attached hydrogen (secondary N) is 4.